The summed E-state index contributed by atoms with van der Waals surface area (Å²) in [7, 11) is 0. The first kappa shape index (κ1) is 15.1. The van der Waals surface area contributed by atoms with Crippen LogP contribution in [0.3, 0.4) is 0 Å². The van der Waals surface area contributed by atoms with Crippen molar-refractivity contribution in [2.45, 2.75) is 25.8 Å². The second-order valence-corrected chi connectivity index (χ2v) is 5.69. The van der Waals surface area contributed by atoms with E-state index in [0.717, 1.165) is 19.4 Å². The standard InChI is InChI=1S/C15H21ClN2O2/c1-11-4-3-7-18(14(11)9-17)15(19)10-20-13-6-2-5-12(16)8-13/h2,5-6,8,11,14H,3-4,7,9-10,17H2,1H3. The number of likely N-dealkylation sites (tertiary alicyclic amines) is 1. The summed E-state index contributed by atoms with van der Waals surface area (Å²) in [6, 6.07) is 7.19. The van der Waals surface area contributed by atoms with Crippen molar-refractivity contribution >= 4 is 17.5 Å². The fourth-order valence-corrected chi connectivity index (χ4v) is 2.88. The monoisotopic (exact) mass is 296 g/mol. The minimum absolute atomic E-state index is 0.00743. The summed E-state index contributed by atoms with van der Waals surface area (Å²) in [4.78, 5) is 14.1. The number of hydrogen-bond donors (Lipinski definition) is 1. The van der Waals surface area contributed by atoms with Crippen molar-refractivity contribution in [1.29, 1.82) is 0 Å². The van der Waals surface area contributed by atoms with Crippen molar-refractivity contribution in [3.8, 4) is 5.75 Å². The van der Waals surface area contributed by atoms with E-state index in [0.29, 0.717) is 23.2 Å². The number of piperidine rings is 1. The van der Waals surface area contributed by atoms with Gasteiger partial charge in [-0.3, -0.25) is 4.79 Å². The summed E-state index contributed by atoms with van der Waals surface area (Å²) in [6.45, 7) is 3.45. The highest BCUT2D eigenvalue weighted by atomic mass is 35.5. The van der Waals surface area contributed by atoms with E-state index in [1.165, 1.54) is 0 Å². The zero-order valence-electron chi connectivity index (χ0n) is 11.7. The first-order chi connectivity index (χ1) is 9.61. The van der Waals surface area contributed by atoms with Crippen LogP contribution in [0.1, 0.15) is 19.8 Å². The Bertz CT molecular complexity index is 467. The van der Waals surface area contributed by atoms with Crippen LogP contribution >= 0.6 is 11.6 Å². The Morgan fingerprint density at radius 3 is 3.05 bits per heavy atom. The van der Waals surface area contributed by atoms with E-state index < -0.39 is 0 Å². The number of carbonyl (C=O) groups is 1. The zero-order valence-corrected chi connectivity index (χ0v) is 12.5. The molecule has 0 saturated carbocycles. The van der Waals surface area contributed by atoms with Gasteiger partial charge in [0.15, 0.2) is 6.61 Å². The van der Waals surface area contributed by atoms with Gasteiger partial charge < -0.3 is 15.4 Å². The van der Waals surface area contributed by atoms with Crippen LogP contribution in [0.15, 0.2) is 24.3 Å². The number of carbonyl (C=O) groups excluding carboxylic acids is 1. The number of halogens is 1. The molecule has 0 aromatic heterocycles. The molecule has 1 aromatic rings. The number of benzene rings is 1. The highest BCUT2D eigenvalue weighted by molar-refractivity contribution is 6.30. The first-order valence-electron chi connectivity index (χ1n) is 6.99. The molecule has 1 amide bonds. The molecule has 2 N–H and O–H groups in total. The average molecular weight is 297 g/mol. The van der Waals surface area contributed by atoms with Crippen LogP contribution in [0.25, 0.3) is 0 Å². The van der Waals surface area contributed by atoms with Gasteiger partial charge >= 0.3 is 0 Å². The van der Waals surface area contributed by atoms with E-state index in [2.05, 4.69) is 6.92 Å². The molecule has 1 aliphatic heterocycles. The summed E-state index contributed by atoms with van der Waals surface area (Å²) < 4.78 is 5.51. The van der Waals surface area contributed by atoms with Crippen LogP contribution in [0, 0.1) is 5.92 Å². The number of nitrogens with two attached hydrogens (primary N) is 1. The van der Waals surface area contributed by atoms with Crippen molar-refractivity contribution in [2.24, 2.45) is 11.7 Å². The Labute approximate surface area is 124 Å². The Kier molecular flexibility index (Phi) is 5.26. The van der Waals surface area contributed by atoms with Crippen LogP contribution in [0.4, 0.5) is 0 Å². The van der Waals surface area contributed by atoms with Crippen molar-refractivity contribution in [3.63, 3.8) is 0 Å². The molecular formula is C15H21ClN2O2. The third-order valence-corrected chi connectivity index (χ3v) is 4.07. The van der Waals surface area contributed by atoms with Crippen LogP contribution in [-0.2, 0) is 4.79 Å². The molecule has 2 rings (SSSR count). The summed E-state index contributed by atoms with van der Waals surface area (Å²) in [5.41, 5.74) is 5.80. The fraction of sp³-hybridized carbons (Fsp3) is 0.533. The fourth-order valence-electron chi connectivity index (χ4n) is 2.70. The van der Waals surface area contributed by atoms with E-state index in [4.69, 9.17) is 22.1 Å². The number of rotatable bonds is 4. The lowest BCUT2D eigenvalue weighted by atomic mass is 9.91. The maximum atomic E-state index is 12.3. The van der Waals surface area contributed by atoms with E-state index in [1.54, 1.807) is 24.3 Å². The van der Waals surface area contributed by atoms with Gasteiger partial charge in [0.2, 0.25) is 0 Å². The average Bonchev–Trinajstić information content (AvgIpc) is 2.44. The van der Waals surface area contributed by atoms with Gasteiger partial charge in [0, 0.05) is 24.2 Å². The Morgan fingerprint density at radius 2 is 2.35 bits per heavy atom. The predicted octanol–water partition coefficient (Wildman–Crippen LogP) is 2.30. The third-order valence-electron chi connectivity index (χ3n) is 3.84. The highest BCUT2D eigenvalue weighted by Gasteiger charge is 2.30. The maximum absolute atomic E-state index is 12.3. The molecule has 5 heteroatoms. The number of ether oxygens (including phenoxy) is 1. The largest absolute Gasteiger partial charge is 0.484 e. The summed E-state index contributed by atoms with van der Waals surface area (Å²) in [6.07, 6.45) is 2.15. The first-order valence-corrected chi connectivity index (χ1v) is 7.37. The van der Waals surface area contributed by atoms with Crippen molar-refractivity contribution < 1.29 is 9.53 Å². The Balaban J connectivity index is 1.93. The molecule has 0 bridgehead atoms. The summed E-state index contributed by atoms with van der Waals surface area (Å²) >= 11 is 5.88. The molecule has 20 heavy (non-hydrogen) atoms. The summed E-state index contributed by atoms with van der Waals surface area (Å²) in [5.74, 6) is 1.05. The predicted molar refractivity (Wildman–Crippen MR) is 79.9 cm³/mol. The Hall–Kier alpha value is -1.26. The van der Waals surface area contributed by atoms with Crippen LogP contribution in [0.2, 0.25) is 5.02 Å². The molecule has 2 atom stereocenters. The minimum atomic E-state index is -0.00743. The van der Waals surface area contributed by atoms with Gasteiger partial charge in [0.1, 0.15) is 5.75 Å². The molecule has 110 valence electrons. The quantitative estimate of drug-likeness (QED) is 0.927. The van der Waals surface area contributed by atoms with E-state index in [-0.39, 0.29) is 18.6 Å². The molecule has 0 radical (unpaired) electrons. The molecule has 0 spiro atoms. The van der Waals surface area contributed by atoms with Gasteiger partial charge in [-0.15, -0.1) is 0 Å². The van der Waals surface area contributed by atoms with Crippen molar-refractivity contribution in [3.05, 3.63) is 29.3 Å². The van der Waals surface area contributed by atoms with Gasteiger partial charge in [-0.1, -0.05) is 24.6 Å². The smallest absolute Gasteiger partial charge is 0.260 e. The van der Waals surface area contributed by atoms with Crippen LogP contribution < -0.4 is 10.5 Å². The molecule has 1 aromatic carbocycles. The Morgan fingerprint density at radius 1 is 1.55 bits per heavy atom. The molecule has 0 aliphatic carbocycles. The number of hydrogen-bond acceptors (Lipinski definition) is 3. The minimum Gasteiger partial charge on any atom is -0.484 e. The normalized spacial score (nSPS) is 22.6. The molecule has 2 unspecified atom stereocenters. The van der Waals surface area contributed by atoms with E-state index in [9.17, 15) is 4.79 Å². The highest BCUT2D eigenvalue weighted by Crippen LogP contribution is 2.23. The molecule has 1 fully saturated rings. The molecule has 4 nitrogen and oxygen atoms in total. The van der Waals surface area contributed by atoms with Crippen molar-refractivity contribution in [2.75, 3.05) is 19.7 Å². The lowest BCUT2D eigenvalue weighted by molar-refractivity contribution is -0.138. The van der Waals surface area contributed by atoms with Gasteiger partial charge in [-0.2, -0.15) is 0 Å². The zero-order chi connectivity index (χ0) is 14.5. The second kappa shape index (κ2) is 6.95. The summed E-state index contributed by atoms with van der Waals surface area (Å²) in [5, 5.41) is 0.598. The molecule has 1 saturated heterocycles. The van der Waals surface area contributed by atoms with E-state index >= 15 is 0 Å². The SMILES string of the molecule is CC1CCCN(C(=O)COc2cccc(Cl)c2)C1CN. The second-order valence-electron chi connectivity index (χ2n) is 5.26. The molecule has 1 aliphatic rings. The number of nitrogens with zero attached hydrogens (tertiary/aromatic N) is 1. The lowest BCUT2D eigenvalue weighted by Crippen LogP contribution is -2.52. The topological polar surface area (TPSA) is 55.6 Å². The third kappa shape index (κ3) is 3.64. The maximum Gasteiger partial charge on any atom is 0.260 e. The number of amides is 1. The lowest BCUT2D eigenvalue weighted by Gasteiger charge is -2.39. The van der Waals surface area contributed by atoms with Crippen molar-refractivity contribution in [1.82, 2.24) is 4.90 Å². The van der Waals surface area contributed by atoms with Gasteiger partial charge in [-0.05, 0) is 37.0 Å². The van der Waals surface area contributed by atoms with Gasteiger partial charge in [-0.25, -0.2) is 0 Å². The molecular weight excluding hydrogens is 276 g/mol. The van der Waals surface area contributed by atoms with Gasteiger partial charge in [0.25, 0.3) is 5.91 Å². The van der Waals surface area contributed by atoms with E-state index in [1.807, 2.05) is 4.90 Å². The van der Waals surface area contributed by atoms with Crippen LogP contribution in [0.5, 0.6) is 5.75 Å². The van der Waals surface area contributed by atoms with Gasteiger partial charge in [0.05, 0.1) is 0 Å². The van der Waals surface area contributed by atoms with Crippen LogP contribution in [-0.4, -0.2) is 36.5 Å². The molecule has 1 heterocycles.